The van der Waals surface area contributed by atoms with Gasteiger partial charge in [-0.05, 0) is 6.07 Å². The summed E-state index contributed by atoms with van der Waals surface area (Å²) in [5.74, 6) is -1.45. The molecule has 0 radical (unpaired) electrons. The summed E-state index contributed by atoms with van der Waals surface area (Å²) in [6, 6.07) is 3.32. The molecule has 0 aliphatic rings. The van der Waals surface area contributed by atoms with Crippen molar-refractivity contribution in [2.45, 2.75) is 6.18 Å². The van der Waals surface area contributed by atoms with E-state index in [1.165, 1.54) is 6.07 Å². The summed E-state index contributed by atoms with van der Waals surface area (Å²) >= 11 is 0. The highest BCUT2D eigenvalue weighted by molar-refractivity contribution is 6.04. The van der Waals surface area contributed by atoms with Gasteiger partial charge in [-0.1, -0.05) is 12.1 Å². The molecule has 0 unspecified atom stereocenters. The average Bonchev–Trinajstić information content (AvgIpc) is 2.27. The molecule has 0 bridgehead atoms. The molecule has 0 aliphatic carbocycles. The second-order valence-electron chi connectivity index (χ2n) is 3.56. The first-order chi connectivity index (χ1) is 8.32. The Bertz CT molecular complexity index is 688. The van der Waals surface area contributed by atoms with Crippen LogP contribution < -0.4 is 5.56 Å². The smallest absolute Gasteiger partial charge is 0.418 e. The van der Waals surface area contributed by atoms with E-state index in [1.807, 2.05) is 4.98 Å². The summed E-state index contributed by atoms with van der Waals surface area (Å²) in [5.41, 5.74) is -2.39. The fraction of sp³-hybridized carbons (Fsp3) is 0.0909. The number of aromatic nitrogens is 1. The minimum absolute atomic E-state index is 0.425. The Morgan fingerprint density at radius 2 is 1.94 bits per heavy atom. The number of fused-ring (bicyclic) bond motifs is 1. The molecule has 0 atom stereocenters. The Morgan fingerprint density at radius 1 is 1.28 bits per heavy atom. The molecule has 2 N–H and O–H groups in total. The molecule has 2 aromatic rings. The number of pyridine rings is 1. The highest BCUT2D eigenvalue weighted by atomic mass is 19.4. The molecule has 7 heteroatoms. The van der Waals surface area contributed by atoms with Crippen LogP contribution in [-0.4, -0.2) is 16.1 Å². The zero-order valence-corrected chi connectivity index (χ0v) is 8.71. The van der Waals surface area contributed by atoms with Gasteiger partial charge in [0.25, 0.3) is 5.56 Å². The molecule has 0 saturated heterocycles. The van der Waals surface area contributed by atoms with Gasteiger partial charge >= 0.3 is 12.1 Å². The third-order valence-electron chi connectivity index (χ3n) is 2.47. The lowest BCUT2D eigenvalue weighted by atomic mass is 10.0. The van der Waals surface area contributed by atoms with Crippen LogP contribution in [0.25, 0.3) is 10.8 Å². The third-order valence-corrected chi connectivity index (χ3v) is 2.47. The number of benzene rings is 1. The maximum atomic E-state index is 12.7. The topological polar surface area (TPSA) is 70.2 Å². The lowest BCUT2D eigenvalue weighted by molar-refractivity contribution is -0.136. The average molecular weight is 257 g/mol. The van der Waals surface area contributed by atoms with Gasteiger partial charge in [-0.25, -0.2) is 4.79 Å². The van der Waals surface area contributed by atoms with Crippen LogP contribution in [-0.2, 0) is 6.18 Å². The molecule has 94 valence electrons. The molecule has 0 fully saturated rings. The summed E-state index contributed by atoms with van der Waals surface area (Å²) < 4.78 is 38.1. The molecule has 0 saturated carbocycles. The van der Waals surface area contributed by atoms with E-state index < -0.39 is 39.6 Å². The lowest BCUT2D eigenvalue weighted by Crippen LogP contribution is -2.16. The number of carboxylic acid groups (broad SMARTS) is 1. The van der Waals surface area contributed by atoms with Gasteiger partial charge in [-0.3, -0.25) is 4.79 Å². The van der Waals surface area contributed by atoms with Crippen molar-refractivity contribution in [1.82, 2.24) is 4.98 Å². The van der Waals surface area contributed by atoms with E-state index in [0.29, 0.717) is 6.20 Å². The molecule has 1 aromatic heterocycles. The number of hydrogen-bond acceptors (Lipinski definition) is 2. The number of H-pyrrole nitrogens is 1. The molecule has 2 rings (SSSR count). The number of halogens is 3. The van der Waals surface area contributed by atoms with Gasteiger partial charge in [0, 0.05) is 11.6 Å². The number of alkyl halides is 3. The van der Waals surface area contributed by atoms with E-state index in [4.69, 9.17) is 5.11 Å². The predicted octanol–water partition coefficient (Wildman–Crippen LogP) is 2.25. The molecule has 0 spiro atoms. The summed E-state index contributed by atoms with van der Waals surface area (Å²) in [4.78, 5) is 24.3. The number of aromatic amines is 1. The number of rotatable bonds is 1. The van der Waals surface area contributed by atoms with E-state index in [-0.39, 0.29) is 0 Å². The van der Waals surface area contributed by atoms with Crippen molar-refractivity contribution in [2.75, 3.05) is 0 Å². The van der Waals surface area contributed by atoms with Crippen LogP contribution in [0.2, 0.25) is 0 Å². The Labute approximate surface area is 97.7 Å². The van der Waals surface area contributed by atoms with Crippen molar-refractivity contribution in [3.8, 4) is 0 Å². The molecular formula is C11H6F3NO3. The van der Waals surface area contributed by atoms with Crippen LogP contribution >= 0.6 is 0 Å². The highest BCUT2D eigenvalue weighted by Gasteiger charge is 2.33. The van der Waals surface area contributed by atoms with Crippen molar-refractivity contribution < 1.29 is 23.1 Å². The Morgan fingerprint density at radius 3 is 2.50 bits per heavy atom. The van der Waals surface area contributed by atoms with E-state index in [0.717, 1.165) is 12.1 Å². The second-order valence-corrected chi connectivity index (χ2v) is 3.56. The van der Waals surface area contributed by atoms with Crippen LogP contribution in [0.4, 0.5) is 13.2 Å². The molecule has 18 heavy (non-hydrogen) atoms. The standard InChI is InChI=1S/C11H6F3NO3/c12-11(13,14)7-4-15-9(16)8-5(7)2-1-3-6(8)10(17)18/h1-4H,(H,15,16)(H,17,18). The summed E-state index contributed by atoms with van der Waals surface area (Å²) in [5, 5.41) is 7.97. The number of hydrogen-bond donors (Lipinski definition) is 2. The quantitative estimate of drug-likeness (QED) is 0.823. The third kappa shape index (κ3) is 1.83. The van der Waals surface area contributed by atoms with Gasteiger partial charge in [0.1, 0.15) is 0 Å². The van der Waals surface area contributed by atoms with Crippen LogP contribution in [0, 0.1) is 0 Å². The van der Waals surface area contributed by atoms with Crippen molar-refractivity contribution in [1.29, 1.82) is 0 Å². The number of carboxylic acids is 1. The Balaban J connectivity index is 2.98. The SMILES string of the molecule is O=C(O)c1cccc2c(C(F)(F)F)c[nH]c(=O)c12. The van der Waals surface area contributed by atoms with Gasteiger partial charge in [0.15, 0.2) is 0 Å². The number of nitrogens with one attached hydrogen (secondary N) is 1. The zero-order chi connectivity index (χ0) is 13.5. The van der Waals surface area contributed by atoms with E-state index in [1.54, 1.807) is 0 Å². The first kappa shape index (κ1) is 12.2. The molecule has 4 nitrogen and oxygen atoms in total. The van der Waals surface area contributed by atoms with Crippen LogP contribution in [0.15, 0.2) is 29.2 Å². The first-order valence-electron chi connectivity index (χ1n) is 4.77. The van der Waals surface area contributed by atoms with E-state index >= 15 is 0 Å². The highest BCUT2D eigenvalue weighted by Crippen LogP contribution is 2.33. The monoisotopic (exact) mass is 257 g/mol. The zero-order valence-electron chi connectivity index (χ0n) is 8.71. The summed E-state index contributed by atoms with van der Waals surface area (Å²) in [6.07, 6.45) is -4.13. The predicted molar refractivity (Wildman–Crippen MR) is 56.5 cm³/mol. The van der Waals surface area contributed by atoms with E-state index in [2.05, 4.69) is 0 Å². The molecule has 1 aromatic carbocycles. The minimum Gasteiger partial charge on any atom is -0.478 e. The van der Waals surface area contributed by atoms with Gasteiger partial charge in [-0.15, -0.1) is 0 Å². The first-order valence-corrected chi connectivity index (χ1v) is 4.77. The van der Waals surface area contributed by atoms with Crippen LogP contribution in [0.5, 0.6) is 0 Å². The minimum atomic E-state index is -4.67. The molecular weight excluding hydrogens is 251 g/mol. The van der Waals surface area contributed by atoms with Gasteiger partial charge in [-0.2, -0.15) is 13.2 Å². The fourth-order valence-corrected chi connectivity index (χ4v) is 1.72. The second kappa shape index (κ2) is 3.86. The number of aromatic carboxylic acids is 1. The summed E-state index contributed by atoms with van der Waals surface area (Å²) in [6.45, 7) is 0. The maximum Gasteiger partial charge on any atom is 0.418 e. The molecule has 0 aliphatic heterocycles. The fourth-order valence-electron chi connectivity index (χ4n) is 1.72. The van der Waals surface area contributed by atoms with Crippen molar-refractivity contribution in [3.63, 3.8) is 0 Å². The maximum absolute atomic E-state index is 12.7. The summed E-state index contributed by atoms with van der Waals surface area (Å²) in [7, 11) is 0. The molecule has 1 heterocycles. The largest absolute Gasteiger partial charge is 0.478 e. The Hall–Kier alpha value is -2.31. The molecule has 0 amide bonds. The van der Waals surface area contributed by atoms with Crippen molar-refractivity contribution >= 4 is 16.7 Å². The van der Waals surface area contributed by atoms with Crippen molar-refractivity contribution in [2.24, 2.45) is 0 Å². The Kier molecular flexibility index (Phi) is 2.61. The van der Waals surface area contributed by atoms with Gasteiger partial charge in [0.2, 0.25) is 0 Å². The van der Waals surface area contributed by atoms with Gasteiger partial charge < -0.3 is 10.1 Å². The van der Waals surface area contributed by atoms with Gasteiger partial charge in [0.05, 0.1) is 16.5 Å². The normalized spacial score (nSPS) is 11.7. The lowest BCUT2D eigenvalue weighted by Gasteiger charge is -2.10. The van der Waals surface area contributed by atoms with Crippen LogP contribution in [0.3, 0.4) is 0 Å². The number of carbonyl (C=O) groups is 1. The van der Waals surface area contributed by atoms with Crippen LogP contribution in [0.1, 0.15) is 15.9 Å². The van der Waals surface area contributed by atoms with Crippen molar-refractivity contribution in [3.05, 3.63) is 45.9 Å². The van der Waals surface area contributed by atoms with E-state index in [9.17, 15) is 22.8 Å².